The predicted octanol–water partition coefficient (Wildman–Crippen LogP) is 2.16. The molecule has 1 aliphatic rings. The molecule has 1 aromatic rings. The first-order valence-corrected chi connectivity index (χ1v) is 8.74. The lowest BCUT2D eigenvalue weighted by Gasteiger charge is -2.33. The van der Waals surface area contributed by atoms with Crippen LogP contribution in [0.1, 0.15) is 25.0 Å². The number of hydrogen-bond acceptors (Lipinski definition) is 4. The van der Waals surface area contributed by atoms with E-state index >= 15 is 0 Å². The van der Waals surface area contributed by atoms with Crippen LogP contribution >= 0.6 is 0 Å². The molecule has 1 aromatic carbocycles. The molecule has 24 heavy (non-hydrogen) atoms. The number of carbonyl (C=O) groups is 1. The summed E-state index contributed by atoms with van der Waals surface area (Å²) in [6.07, 6.45) is 0.0579. The standard InChI is InChI=1S/C19H30N2O3/c1-14(2)11-21-7-8-23-17(12-21)10-20-19(22)13-24-18-6-5-15(3)9-16(18)4/h5-6,9,14,17H,7-8,10-13H2,1-4H3,(H,20,22). The Morgan fingerprint density at radius 2 is 2.21 bits per heavy atom. The van der Waals surface area contributed by atoms with Crippen LogP contribution in [0, 0.1) is 19.8 Å². The second-order valence-electron chi connectivity index (χ2n) is 7.01. The summed E-state index contributed by atoms with van der Waals surface area (Å²) in [5.41, 5.74) is 2.23. The minimum Gasteiger partial charge on any atom is -0.484 e. The average molecular weight is 334 g/mol. The number of nitrogens with zero attached hydrogens (tertiary/aromatic N) is 1. The summed E-state index contributed by atoms with van der Waals surface area (Å²) < 4.78 is 11.3. The number of benzene rings is 1. The predicted molar refractivity (Wildman–Crippen MR) is 95.4 cm³/mol. The van der Waals surface area contributed by atoms with Crippen LogP contribution in [0.5, 0.6) is 5.75 Å². The molecule has 1 heterocycles. The van der Waals surface area contributed by atoms with Gasteiger partial charge in [-0.15, -0.1) is 0 Å². The minimum absolute atomic E-state index is 0.0341. The Morgan fingerprint density at radius 1 is 1.42 bits per heavy atom. The molecule has 1 saturated heterocycles. The molecule has 1 fully saturated rings. The molecule has 0 saturated carbocycles. The van der Waals surface area contributed by atoms with Gasteiger partial charge in [0, 0.05) is 26.2 Å². The van der Waals surface area contributed by atoms with Crippen molar-refractivity contribution < 1.29 is 14.3 Å². The molecule has 0 spiro atoms. The quantitative estimate of drug-likeness (QED) is 0.830. The van der Waals surface area contributed by atoms with Crippen molar-refractivity contribution in [2.24, 2.45) is 5.92 Å². The van der Waals surface area contributed by atoms with Gasteiger partial charge in [-0.25, -0.2) is 0 Å². The second-order valence-corrected chi connectivity index (χ2v) is 7.01. The Kier molecular flexibility index (Phi) is 7.06. The topological polar surface area (TPSA) is 50.8 Å². The molecular weight excluding hydrogens is 304 g/mol. The van der Waals surface area contributed by atoms with Gasteiger partial charge in [0.2, 0.25) is 0 Å². The molecule has 0 aromatic heterocycles. The smallest absolute Gasteiger partial charge is 0.258 e. The third-order valence-corrected chi connectivity index (χ3v) is 4.06. The van der Waals surface area contributed by atoms with E-state index in [0.717, 1.165) is 37.6 Å². The highest BCUT2D eigenvalue weighted by Crippen LogP contribution is 2.18. The van der Waals surface area contributed by atoms with Crippen molar-refractivity contribution in [2.75, 3.05) is 39.4 Å². The van der Waals surface area contributed by atoms with E-state index in [1.54, 1.807) is 0 Å². The maximum atomic E-state index is 12.0. The van der Waals surface area contributed by atoms with Crippen molar-refractivity contribution in [1.29, 1.82) is 0 Å². The normalized spacial score (nSPS) is 18.6. The summed E-state index contributed by atoms with van der Waals surface area (Å²) in [5.74, 6) is 1.29. The summed E-state index contributed by atoms with van der Waals surface area (Å²) in [6.45, 7) is 12.7. The van der Waals surface area contributed by atoms with Gasteiger partial charge in [-0.2, -0.15) is 0 Å². The van der Waals surface area contributed by atoms with Crippen LogP contribution in [0.2, 0.25) is 0 Å². The largest absolute Gasteiger partial charge is 0.484 e. The Hall–Kier alpha value is -1.59. The Labute approximate surface area is 145 Å². The van der Waals surface area contributed by atoms with Crippen molar-refractivity contribution in [3.63, 3.8) is 0 Å². The number of amides is 1. The van der Waals surface area contributed by atoms with E-state index < -0.39 is 0 Å². The van der Waals surface area contributed by atoms with Crippen molar-refractivity contribution in [3.8, 4) is 5.75 Å². The molecule has 1 atom stereocenters. The molecule has 134 valence electrons. The van der Waals surface area contributed by atoms with Gasteiger partial charge in [-0.1, -0.05) is 31.5 Å². The number of hydrogen-bond donors (Lipinski definition) is 1. The summed E-state index contributed by atoms with van der Waals surface area (Å²) in [6, 6.07) is 5.94. The molecule has 1 amide bonds. The lowest BCUT2D eigenvalue weighted by Crippen LogP contribution is -2.48. The van der Waals surface area contributed by atoms with Crippen LogP contribution in [0.25, 0.3) is 0 Å². The molecule has 1 aliphatic heterocycles. The van der Waals surface area contributed by atoms with Gasteiger partial charge < -0.3 is 14.8 Å². The number of morpholine rings is 1. The SMILES string of the molecule is Cc1ccc(OCC(=O)NCC2CN(CC(C)C)CCO2)c(C)c1. The third kappa shape index (κ3) is 6.13. The Balaban J connectivity index is 1.71. The molecule has 2 rings (SSSR count). The van der Waals surface area contributed by atoms with E-state index in [9.17, 15) is 4.79 Å². The highest BCUT2D eigenvalue weighted by atomic mass is 16.5. The molecule has 0 aliphatic carbocycles. The Morgan fingerprint density at radius 3 is 2.92 bits per heavy atom. The van der Waals surface area contributed by atoms with Crippen LogP contribution in [0.4, 0.5) is 0 Å². The van der Waals surface area contributed by atoms with Crippen LogP contribution in [-0.4, -0.2) is 56.3 Å². The second kappa shape index (κ2) is 9.04. The van der Waals surface area contributed by atoms with Crippen LogP contribution < -0.4 is 10.1 Å². The van der Waals surface area contributed by atoms with E-state index in [1.165, 1.54) is 5.56 Å². The fraction of sp³-hybridized carbons (Fsp3) is 0.632. The first-order valence-electron chi connectivity index (χ1n) is 8.74. The van der Waals surface area contributed by atoms with Crippen LogP contribution in [-0.2, 0) is 9.53 Å². The maximum Gasteiger partial charge on any atom is 0.258 e. The zero-order valence-electron chi connectivity index (χ0n) is 15.3. The van der Waals surface area contributed by atoms with Gasteiger partial charge in [0.15, 0.2) is 6.61 Å². The van der Waals surface area contributed by atoms with Gasteiger partial charge in [-0.3, -0.25) is 9.69 Å². The highest BCUT2D eigenvalue weighted by molar-refractivity contribution is 5.77. The summed E-state index contributed by atoms with van der Waals surface area (Å²) in [5, 5.41) is 2.91. The number of nitrogens with one attached hydrogen (secondary N) is 1. The lowest BCUT2D eigenvalue weighted by molar-refractivity contribution is -0.124. The van der Waals surface area contributed by atoms with Gasteiger partial charge in [0.25, 0.3) is 5.91 Å². The van der Waals surface area contributed by atoms with Crippen molar-refractivity contribution in [3.05, 3.63) is 29.3 Å². The van der Waals surface area contributed by atoms with Gasteiger partial charge in [0.05, 0.1) is 12.7 Å². The summed E-state index contributed by atoms with van der Waals surface area (Å²) in [7, 11) is 0. The fourth-order valence-electron chi connectivity index (χ4n) is 2.97. The average Bonchev–Trinajstić information content (AvgIpc) is 2.52. The first kappa shape index (κ1) is 18.7. The first-order chi connectivity index (χ1) is 11.4. The molecular formula is C19H30N2O3. The van der Waals surface area contributed by atoms with Gasteiger partial charge in [0.1, 0.15) is 5.75 Å². The van der Waals surface area contributed by atoms with Crippen molar-refractivity contribution in [1.82, 2.24) is 10.2 Å². The van der Waals surface area contributed by atoms with Crippen molar-refractivity contribution >= 4 is 5.91 Å². The van der Waals surface area contributed by atoms with Gasteiger partial charge >= 0.3 is 0 Å². The number of rotatable bonds is 7. The number of ether oxygens (including phenoxy) is 2. The minimum atomic E-state index is -0.112. The van der Waals surface area contributed by atoms with E-state index in [0.29, 0.717) is 12.5 Å². The van der Waals surface area contributed by atoms with E-state index in [4.69, 9.17) is 9.47 Å². The number of aryl methyl sites for hydroxylation is 2. The van der Waals surface area contributed by atoms with E-state index in [2.05, 4.69) is 24.1 Å². The molecule has 5 heteroatoms. The third-order valence-electron chi connectivity index (χ3n) is 4.06. The summed E-state index contributed by atoms with van der Waals surface area (Å²) >= 11 is 0. The van der Waals surface area contributed by atoms with E-state index in [-0.39, 0.29) is 18.6 Å². The summed E-state index contributed by atoms with van der Waals surface area (Å²) in [4.78, 5) is 14.4. The monoisotopic (exact) mass is 334 g/mol. The van der Waals surface area contributed by atoms with Crippen LogP contribution in [0.15, 0.2) is 18.2 Å². The van der Waals surface area contributed by atoms with Crippen molar-refractivity contribution in [2.45, 2.75) is 33.8 Å². The highest BCUT2D eigenvalue weighted by Gasteiger charge is 2.21. The molecule has 5 nitrogen and oxygen atoms in total. The fourth-order valence-corrected chi connectivity index (χ4v) is 2.97. The van der Waals surface area contributed by atoms with E-state index in [1.807, 2.05) is 32.0 Å². The molecule has 0 radical (unpaired) electrons. The number of carbonyl (C=O) groups excluding carboxylic acids is 1. The van der Waals surface area contributed by atoms with Gasteiger partial charge in [-0.05, 0) is 31.4 Å². The molecule has 1 N–H and O–H groups in total. The lowest BCUT2D eigenvalue weighted by atomic mass is 10.1. The molecule has 0 bridgehead atoms. The zero-order chi connectivity index (χ0) is 17.5. The Bertz CT molecular complexity index is 545. The van der Waals surface area contributed by atoms with Crippen LogP contribution in [0.3, 0.4) is 0 Å². The maximum absolute atomic E-state index is 12.0. The molecule has 1 unspecified atom stereocenters. The zero-order valence-corrected chi connectivity index (χ0v) is 15.3.